The first-order valence-corrected chi connectivity index (χ1v) is 9.04. The number of aromatic nitrogens is 2. The molecule has 160 valence electrons. The Kier molecular flexibility index (Phi) is 8.03. The van der Waals surface area contributed by atoms with Crippen LogP contribution in [-0.4, -0.2) is 45.9 Å². The number of H-pyrrole nitrogens is 1. The zero-order chi connectivity index (χ0) is 22.1. The summed E-state index contributed by atoms with van der Waals surface area (Å²) in [4.78, 5) is 53.3. The molecule has 2 rings (SSSR count). The lowest BCUT2D eigenvalue weighted by Crippen LogP contribution is -2.45. The van der Waals surface area contributed by atoms with Gasteiger partial charge in [0.1, 0.15) is 12.6 Å². The van der Waals surface area contributed by atoms with Gasteiger partial charge in [-0.2, -0.15) is 0 Å². The smallest absolute Gasteiger partial charge is 0.329 e. The molecule has 1 unspecified atom stereocenters. The monoisotopic (exact) mass is 418 g/mol. The van der Waals surface area contributed by atoms with Crippen molar-refractivity contribution in [3.8, 4) is 0 Å². The maximum absolute atomic E-state index is 12.6. The highest BCUT2D eigenvalue weighted by atomic mass is 16.6. The van der Waals surface area contributed by atoms with Crippen LogP contribution in [0.15, 0.2) is 36.8 Å². The van der Waals surface area contributed by atoms with Crippen molar-refractivity contribution >= 4 is 23.5 Å². The topological polar surface area (TPSA) is 154 Å². The van der Waals surface area contributed by atoms with E-state index in [1.807, 2.05) is 0 Å². The van der Waals surface area contributed by atoms with E-state index in [0.29, 0.717) is 11.3 Å². The van der Waals surface area contributed by atoms with E-state index in [9.17, 15) is 24.5 Å². The van der Waals surface area contributed by atoms with Crippen LogP contribution in [0.1, 0.15) is 24.6 Å². The summed E-state index contributed by atoms with van der Waals surface area (Å²) < 4.78 is 9.83. The molecule has 0 aliphatic carbocycles. The molecule has 0 spiro atoms. The molecule has 0 aliphatic heterocycles. The highest BCUT2D eigenvalue weighted by Gasteiger charge is 2.27. The second-order valence-corrected chi connectivity index (χ2v) is 6.55. The van der Waals surface area contributed by atoms with Crippen LogP contribution < -0.4 is 5.32 Å². The molecular formula is C19H22N4O7. The number of benzene rings is 1. The fourth-order valence-corrected chi connectivity index (χ4v) is 2.52. The first-order chi connectivity index (χ1) is 14.3. The Hall–Kier alpha value is -3.76. The molecule has 1 aromatic carbocycles. The normalized spacial score (nSPS) is 12.5. The number of imidazole rings is 1. The minimum atomic E-state index is -1.02. The van der Waals surface area contributed by atoms with Crippen LogP contribution in [0.4, 0.5) is 5.69 Å². The number of nitro benzene ring substituents is 1. The van der Waals surface area contributed by atoms with Crippen LogP contribution >= 0.6 is 0 Å². The third-order valence-electron chi connectivity index (χ3n) is 4.26. The van der Waals surface area contributed by atoms with E-state index in [-0.39, 0.29) is 25.1 Å². The Morgan fingerprint density at radius 3 is 2.53 bits per heavy atom. The number of carbonyl (C=O) groups is 3. The summed E-state index contributed by atoms with van der Waals surface area (Å²) in [6.45, 7) is 1.42. The number of amides is 1. The molecule has 0 saturated carbocycles. The number of aromatic amines is 1. The SMILES string of the molecule is COC(=O)CC(C)C(=O)N[C@@H](Cc1cnc[nH]1)C(=O)OCc1ccc([N+](=O)[O-])cc1. The lowest BCUT2D eigenvalue weighted by Gasteiger charge is -2.19. The van der Waals surface area contributed by atoms with Crippen LogP contribution in [0.5, 0.6) is 0 Å². The molecule has 1 heterocycles. The number of carbonyl (C=O) groups excluding carboxylic acids is 3. The zero-order valence-electron chi connectivity index (χ0n) is 16.5. The van der Waals surface area contributed by atoms with Crippen LogP contribution in [0.3, 0.4) is 0 Å². The van der Waals surface area contributed by atoms with Gasteiger partial charge in [-0.25, -0.2) is 9.78 Å². The number of non-ortho nitro benzene ring substituents is 1. The number of esters is 2. The molecule has 0 radical (unpaired) electrons. The summed E-state index contributed by atoms with van der Waals surface area (Å²) in [7, 11) is 1.23. The summed E-state index contributed by atoms with van der Waals surface area (Å²) in [6, 6.07) is 4.55. The largest absolute Gasteiger partial charge is 0.469 e. The van der Waals surface area contributed by atoms with Crippen LogP contribution in [0.2, 0.25) is 0 Å². The fraction of sp³-hybridized carbons (Fsp3) is 0.368. The molecule has 1 aromatic heterocycles. The molecule has 0 saturated heterocycles. The van der Waals surface area contributed by atoms with E-state index in [2.05, 4.69) is 20.0 Å². The molecule has 11 heteroatoms. The van der Waals surface area contributed by atoms with Crippen LogP contribution in [0.25, 0.3) is 0 Å². The number of nitrogens with zero attached hydrogens (tertiary/aromatic N) is 2. The number of methoxy groups -OCH3 is 1. The van der Waals surface area contributed by atoms with E-state index >= 15 is 0 Å². The Morgan fingerprint density at radius 2 is 1.97 bits per heavy atom. The summed E-state index contributed by atoms with van der Waals surface area (Å²) in [5.74, 6) is -2.44. The van der Waals surface area contributed by atoms with Gasteiger partial charge in [-0.3, -0.25) is 19.7 Å². The van der Waals surface area contributed by atoms with Gasteiger partial charge >= 0.3 is 11.9 Å². The van der Waals surface area contributed by atoms with Crippen molar-refractivity contribution < 1.29 is 28.8 Å². The quantitative estimate of drug-likeness (QED) is 0.332. The number of rotatable bonds is 10. The summed E-state index contributed by atoms with van der Waals surface area (Å²) >= 11 is 0. The van der Waals surface area contributed by atoms with Gasteiger partial charge in [-0.1, -0.05) is 6.92 Å². The first-order valence-electron chi connectivity index (χ1n) is 9.04. The second kappa shape index (κ2) is 10.7. The highest BCUT2D eigenvalue weighted by molar-refractivity contribution is 5.88. The third-order valence-corrected chi connectivity index (χ3v) is 4.26. The van der Waals surface area contributed by atoms with Crippen molar-refractivity contribution in [2.45, 2.75) is 32.4 Å². The summed E-state index contributed by atoms with van der Waals surface area (Å²) in [6.07, 6.45) is 2.93. The highest BCUT2D eigenvalue weighted by Crippen LogP contribution is 2.13. The van der Waals surface area contributed by atoms with Crippen molar-refractivity contribution in [1.82, 2.24) is 15.3 Å². The van der Waals surface area contributed by atoms with Crippen LogP contribution in [0, 0.1) is 16.0 Å². The van der Waals surface area contributed by atoms with E-state index in [0.717, 1.165) is 0 Å². The number of hydrogen-bond acceptors (Lipinski definition) is 8. The predicted octanol–water partition coefficient (Wildman–Crippen LogP) is 1.29. The van der Waals surface area contributed by atoms with Gasteiger partial charge in [-0.15, -0.1) is 0 Å². The minimum Gasteiger partial charge on any atom is -0.469 e. The van der Waals surface area contributed by atoms with Crippen molar-refractivity contribution in [2.75, 3.05) is 7.11 Å². The van der Waals surface area contributed by atoms with Gasteiger partial charge < -0.3 is 19.8 Å². The molecule has 30 heavy (non-hydrogen) atoms. The number of hydrogen-bond donors (Lipinski definition) is 2. The fourth-order valence-electron chi connectivity index (χ4n) is 2.52. The van der Waals surface area contributed by atoms with Gasteiger partial charge in [0.25, 0.3) is 5.69 Å². The molecule has 2 aromatic rings. The lowest BCUT2D eigenvalue weighted by atomic mass is 10.1. The molecule has 11 nitrogen and oxygen atoms in total. The molecule has 0 bridgehead atoms. The van der Waals surface area contributed by atoms with E-state index in [4.69, 9.17) is 4.74 Å². The lowest BCUT2D eigenvalue weighted by molar-refractivity contribution is -0.384. The number of nitrogens with one attached hydrogen (secondary N) is 2. The Balaban J connectivity index is 2.02. The van der Waals surface area contributed by atoms with Crippen molar-refractivity contribution in [1.29, 1.82) is 0 Å². The Labute approximate surface area is 171 Å². The van der Waals surface area contributed by atoms with Crippen LogP contribution in [-0.2, 0) is 36.9 Å². The van der Waals surface area contributed by atoms with E-state index < -0.39 is 34.7 Å². The van der Waals surface area contributed by atoms with E-state index in [1.165, 1.54) is 43.9 Å². The van der Waals surface area contributed by atoms with Gasteiger partial charge in [0, 0.05) is 36.4 Å². The first kappa shape index (κ1) is 22.5. The molecule has 1 amide bonds. The van der Waals surface area contributed by atoms with Gasteiger partial charge in [-0.05, 0) is 17.7 Å². The van der Waals surface area contributed by atoms with E-state index in [1.54, 1.807) is 6.92 Å². The van der Waals surface area contributed by atoms with Gasteiger partial charge in [0.05, 0.1) is 24.8 Å². The van der Waals surface area contributed by atoms with Crippen molar-refractivity contribution in [3.63, 3.8) is 0 Å². The van der Waals surface area contributed by atoms with Crippen molar-refractivity contribution in [3.05, 3.63) is 58.2 Å². The molecule has 0 aliphatic rings. The maximum Gasteiger partial charge on any atom is 0.329 e. The summed E-state index contributed by atoms with van der Waals surface area (Å²) in [5.41, 5.74) is 1.09. The Morgan fingerprint density at radius 1 is 1.27 bits per heavy atom. The average molecular weight is 418 g/mol. The molecule has 2 N–H and O–H groups in total. The molecular weight excluding hydrogens is 396 g/mol. The standard InChI is InChI=1S/C19H22N4O7/c1-12(7-17(24)29-2)18(25)22-16(8-14-9-20-11-21-14)19(26)30-10-13-3-5-15(6-4-13)23(27)28/h3-6,9,11-12,16H,7-8,10H2,1-2H3,(H,20,21)(H,22,25)/t12?,16-/m0/s1. The van der Waals surface area contributed by atoms with Crippen molar-refractivity contribution in [2.24, 2.45) is 5.92 Å². The van der Waals surface area contributed by atoms with Gasteiger partial charge in [0.2, 0.25) is 5.91 Å². The number of nitro groups is 1. The second-order valence-electron chi connectivity index (χ2n) is 6.55. The molecule has 0 fully saturated rings. The molecule has 2 atom stereocenters. The third kappa shape index (κ3) is 6.69. The summed E-state index contributed by atoms with van der Waals surface area (Å²) in [5, 5.41) is 13.3. The zero-order valence-corrected chi connectivity index (χ0v) is 16.5. The predicted molar refractivity (Wildman–Crippen MR) is 103 cm³/mol. The minimum absolute atomic E-state index is 0.0749. The average Bonchev–Trinajstić information content (AvgIpc) is 3.24. The Bertz CT molecular complexity index is 881. The van der Waals surface area contributed by atoms with Gasteiger partial charge in [0.15, 0.2) is 0 Å². The maximum atomic E-state index is 12.6. The number of ether oxygens (including phenoxy) is 2.